The van der Waals surface area contributed by atoms with Gasteiger partial charge < -0.3 is 9.67 Å². The Hall–Kier alpha value is -1.64. The second kappa shape index (κ2) is 6.00. The van der Waals surface area contributed by atoms with E-state index in [-0.39, 0.29) is 17.0 Å². The summed E-state index contributed by atoms with van der Waals surface area (Å²) >= 11 is 3.08. The Morgan fingerprint density at radius 2 is 2.10 bits per heavy atom. The SMILES string of the molecule is Cn1cccc1CNS(=O)(=O)c1ccc(Br)c(C(=O)O)c1. The summed E-state index contributed by atoms with van der Waals surface area (Å²) in [6.45, 7) is 0.129. The van der Waals surface area contributed by atoms with Crippen LogP contribution >= 0.6 is 15.9 Å². The molecule has 0 bridgehead atoms. The number of carboxylic acid groups (broad SMARTS) is 1. The lowest BCUT2D eigenvalue weighted by Crippen LogP contribution is -2.24. The monoisotopic (exact) mass is 372 g/mol. The molecular weight excluding hydrogens is 360 g/mol. The van der Waals surface area contributed by atoms with Crippen LogP contribution in [0, 0.1) is 0 Å². The van der Waals surface area contributed by atoms with Gasteiger partial charge in [0.25, 0.3) is 0 Å². The van der Waals surface area contributed by atoms with Crippen molar-refractivity contribution in [2.45, 2.75) is 11.4 Å². The number of benzene rings is 1. The maximum absolute atomic E-state index is 12.2. The molecule has 0 aliphatic rings. The summed E-state index contributed by atoms with van der Waals surface area (Å²) < 4.78 is 29.0. The van der Waals surface area contributed by atoms with Crippen LogP contribution in [0.2, 0.25) is 0 Å². The third-order valence-corrected chi connectivity index (χ3v) is 5.06. The molecule has 0 amide bonds. The van der Waals surface area contributed by atoms with Crippen LogP contribution in [0.1, 0.15) is 16.1 Å². The van der Waals surface area contributed by atoms with Gasteiger partial charge in [0.2, 0.25) is 10.0 Å². The molecule has 0 fully saturated rings. The number of nitrogens with zero attached hydrogens (tertiary/aromatic N) is 1. The number of aromatic nitrogens is 1. The second-order valence-corrected chi connectivity index (χ2v) is 7.00. The standard InChI is InChI=1S/C13H13BrN2O4S/c1-16-6-2-3-9(16)8-15-21(19,20)10-4-5-12(14)11(7-10)13(17)18/h2-7,15H,8H2,1H3,(H,17,18). The molecule has 8 heteroatoms. The first kappa shape index (κ1) is 15.7. The molecule has 0 radical (unpaired) electrons. The Morgan fingerprint density at radius 3 is 2.67 bits per heavy atom. The molecule has 0 saturated heterocycles. The van der Waals surface area contributed by atoms with Crippen LogP contribution in [0.3, 0.4) is 0 Å². The van der Waals surface area contributed by atoms with Gasteiger partial charge in [-0.25, -0.2) is 17.9 Å². The van der Waals surface area contributed by atoms with E-state index in [2.05, 4.69) is 20.7 Å². The van der Waals surface area contributed by atoms with Crippen molar-refractivity contribution in [2.24, 2.45) is 7.05 Å². The minimum Gasteiger partial charge on any atom is -0.478 e. The van der Waals surface area contributed by atoms with Crippen molar-refractivity contribution in [3.05, 3.63) is 52.3 Å². The molecule has 0 aliphatic carbocycles. The van der Waals surface area contributed by atoms with Crippen LogP contribution in [-0.4, -0.2) is 24.1 Å². The van der Waals surface area contributed by atoms with Crippen LogP contribution in [0.4, 0.5) is 0 Å². The van der Waals surface area contributed by atoms with E-state index in [1.807, 2.05) is 19.3 Å². The lowest BCUT2D eigenvalue weighted by Gasteiger charge is -2.09. The molecule has 2 rings (SSSR count). The van der Waals surface area contributed by atoms with Gasteiger partial charge in [-0.3, -0.25) is 0 Å². The molecule has 0 spiro atoms. The van der Waals surface area contributed by atoms with Crippen molar-refractivity contribution in [3.8, 4) is 0 Å². The molecule has 6 nitrogen and oxygen atoms in total. The molecule has 2 aromatic rings. The molecule has 0 saturated carbocycles. The first-order valence-corrected chi connectivity index (χ1v) is 8.21. The first-order valence-electron chi connectivity index (χ1n) is 5.94. The predicted molar refractivity (Wildman–Crippen MR) is 80.5 cm³/mol. The van der Waals surface area contributed by atoms with Crippen LogP contribution in [0.5, 0.6) is 0 Å². The van der Waals surface area contributed by atoms with Gasteiger partial charge in [-0.15, -0.1) is 0 Å². The quantitative estimate of drug-likeness (QED) is 0.839. The molecule has 2 N–H and O–H groups in total. The van der Waals surface area contributed by atoms with E-state index in [4.69, 9.17) is 5.11 Å². The van der Waals surface area contributed by atoms with E-state index in [0.29, 0.717) is 4.47 Å². The number of hydrogen-bond donors (Lipinski definition) is 2. The highest BCUT2D eigenvalue weighted by Crippen LogP contribution is 2.21. The number of sulfonamides is 1. The number of aromatic carboxylic acids is 1. The number of carbonyl (C=O) groups is 1. The summed E-state index contributed by atoms with van der Waals surface area (Å²) in [5.74, 6) is -1.19. The fourth-order valence-electron chi connectivity index (χ4n) is 1.77. The number of hydrogen-bond acceptors (Lipinski definition) is 3. The average Bonchev–Trinajstić information content (AvgIpc) is 2.82. The fraction of sp³-hybridized carbons (Fsp3) is 0.154. The van der Waals surface area contributed by atoms with Gasteiger partial charge >= 0.3 is 5.97 Å². The molecule has 1 aromatic carbocycles. The van der Waals surface area contributed by atoms with E-state index in [1.54, 1.807) is 10.6 Å². The normalized spacial score (nSPS) is 11.5. The average molecular weight is 373 g/mol. The third kappa shape index (κ3) is 3.52. The smallest absolute Gasteiger partial charge is 0.336 e. The Labute approximate surface area is 130 Å². The number of carboxylic acids is 1. The van der Waals surface area contributed by atoms with Crippen LogP contribution < -0.4 is 4.72 Å². The van der Waals surface area contributed by atoms with Gasteiger partial charge in [0, 0.05) is 23.4 Å². The highest BCUT2D eigenvalue weighted by Gasteiger charge is 2.18. The molecular formula is C13H13BrN2O4S. The summed E-state index contributed by atoms with van der Waals surface area (Å²) in [5, 5.41) is 9.02. The largest absolute Gasteiger partial charge is 0.478 e. The lowest BCUT2D eigenvalue weighted by atomic mass is 10.2. The summed E-state index contributed by atoms with van der Waals surface area (Å²) in [6.07, 6.45) is 1.81. The zero-order chi connectivity index (χ0) is 15.6. The van der Waals surface area contributed by atoms with Crippen molar-refractivity contribution >= 4 is 31.9 Å². The Kier molecular flexibility index (Phi) is 4.50. The van der Waals surface area contributed by atoms with E-state index in [0.717, 1.165) is 11.8 Å². The van der Waals surface area contributed by atoms with E-state index >= 15 is 0 Å². The van der Waals surface area contributed by atoms with Crippen LogP contribution in [-0.2, 0) is 23.6 Å². The molecule has 1 aromatic heterocycles. The number of rotatable bonds is 5. The number of aryl methyl sites for hydroxylation is 1. The highest BCUT2D eigenvalue weighted by molar-refractivity contribution is 9.10. The minimum atomic E-state index is -3.77. The third-order valence-electron chi connectivity index (χ3n) is 2.97. The number of nitrogens with one attached hydrogen (secondary N) is 1. The fourth-order valence-corrected chi connectivity index (χ4v) is 3.21. The second-order valence-electron chi connectivity index (χ2n) is 4.38. The van der Waals surface area contributed by atoms with E-state index in [1.165, 1.54) is 12.1 Å². The molecule has 0 atom stereocenters. The van der Waals surface area contributed by atoms with E-state index < -0.39 is 16.0 Å². The minimum absolute atomic E-state index is 0.0858. The van der Waals surface area contributed by atoms with Crippen molar-refractivity contribution in [1.82, 2.24) is 9.29 Å². The van der Waals surface area contributed by atoms with Gasteiger partial charge in [0.1, 0.15) is 0 Å². The van der Waals surface area contributed by atoms with Crippen molar-refractivity contribution < 1.29 is 18.3 Å². The highest BCUT2D eigenvalue weighted by atomic mass is 79.9. The van der Waals surface area contributed by atoms with Gasteiger partial charge in [0.15, 0.2) is 0 Å². The predicted octanol–water partition coefficient (Wildman–Crippen LogP) is 1.96. The zero-order valence-corrected chi connectivity index (χ0v) is 13.5. The first-order chi connectivity index (χ1) is 9.81. The zero-order valence-electron chi connectivity index (χ0n) is 11.1. The maximum atomic E-state index is 12.2. The Bertz CT molecular complexity index is 783. The molecule has 21 heavy (non-hydrogen) atoms. The lowest BCUT2D eigenvalue weighted by molar-refractivity contribution is 0.0695. The van der Waals surface area contributed by atoms with Crippen molar-refractivity contribution in [3.63, 3.8) is 0 Å². The Morgan fingerprint density at radius 1 is 1.38 bits per heavy atom. The maximum Gasteiger partial charge on any atom is 0.336 e. The van der Waals surface area contributed by atoms with E-state index in [9.17, 15) is 13.2 Å². The summed E-state index contributed by atoms with van der Waals surface area (Å²) in [5.41, 5.74) is 0.700. The molecule has 112 valence electrons. The van der Waals surface area contributed by atoms with Gasteiger partial charge in [0.05, 0.1) is 17.0 Å². The van der Waals surface area contributed by atoms with Crippen LogP contribution in [0.15, 0.2) is 45.9 Å². The van der Waals surface area contributed by atoms with Gasteiger partial charge in [-0.2, -0.15) is 0 Å². The summed E-state index contributed by atoms with van der Waals surface area (Å²) in [4.78, 5) is 11.0. The molecule has 0 aliphatic heterocycles. The Balaban J connectivity index is 2.26. The molecule has 0 unspecified atom stereocenters. The van der Waals surface area contributed by atoms with Gasteiger partial charge in [-0.05, 0) is 46.3 Å². The van der Waals surface area contributed by atoms with Crippen LogP contribution in [0.25, 0.3) is 0 Å². The van der Waals surface area contributed by atoms with Crippen molar-refractivity contribution in [2.75, 3.05) is 0 Å². The molecule has 1 heterocycles. The van der Waals surface area contributed by atoms with Gasteiger partial charge in [-0.1, -0.05) is 0 Å². The van der Waals surface area contributed by atoms with Crippen molar-refractivity contribution in [1.29, 1.82) is 0 Å². The topological polar surface area (TPSA) is 88.4 Å². The number of halogens is 1. The summed E-state index contributed by atoms with van der Waals surface area (Å²) in [7, 11) is -1.96. The summed E-state index contributed by atoms with van der Waals surface area (Å²) in [6, 6.07) is 7.49.